The first-order chi connectivity index (χ1) is 15.5. The number of benzene rings is 2. The van der Waals surface area contributed by atoms with Crippen LogP contribution in [-0.4, -0.2) is 27.8 Å². The number of ether oxygens (including phenoxy) is 1. The molecule has 3 N–H and O–H groups in total. The predicted octanol–water partition coefficient (Wildman–Crippen LogP) is 4.41. The fourth-order valence-corrected chi connectivity index (χ4v) is 5.04. The number of nitriles is 1. The number of hydrogen-bond acceptors (Lipinski definition) is 10. The molecule has 1 aliphatic rings. The van der Waals surface area contributed by atoms with Crippen LogP contribution in [0.5, 0.6) is 5.75 Å². The first-order valence-electron chi connectivity index (χ1n) is 10.2. The Hall–Kier alpha value is -2.52. The van der Waals surface area contributed by atoms with Crippen LogP contribution in [0.4, 0.5) is 0 Å². The maximum absolute atomic E-state index is 9.52. The normalized spacial score (nSPS) is 15.2. The van der Waals surface area contributed by atoms with Crippen LogP contribution >= 0.6 is 23.6 Å². The van der Waals surface area contributed by atoms with Crippen LogP contribution in [0.25, 0.3) is 21.1 Å². The highest BCUT2D eigenvalue weighted by atomic mass is 32.2. The fourth-order valence-electron chi connectivity index (χ4n) is 3.85. The molecule has 0 aliphatic heterocycles. The van der Waals surface area contributed by atoms with E-state index in [4.69, 9.17) is 10.6 Å². The topological polar surface area (TPSA) is 109 Å². The summed E-state index contributed by atoms with van der Waals surface area (Å²) >= 11 is 2.57. The number of nitrogens with zero attached hydrogens (tertiary/aromatic N) is 4. The highest BCUT2D eigenvalue weighted by Crippen LogP contribution is 2.40. The summed E-state index contributed by atoms with van der Waals surface area (Å²) in [5.74, 6) is 5.72. The van der Waals surface area contributed by atoms with Crippen molar-refractivity contribution in [1.82, 2.24) is 20.0 Å². The highest BCUT2D eigenvalue weighted by molar-refractivity contribution is 7.92. The van der Waals surface area contributed by atoms with Crippen molar-refractivity contribution in [2.24, 2.45) is 5.90 Å². The molecule has 1 unspecified atom stereocenters. The number of fused-ring (bicyclic) bond motifs is 1. The Kier molecular flexibility index (Phi) is 7.05. The molecule has 8 nitrogen and oxygen atoms in total. The van der Waals surface area contributed by atoms with Gasteiger partial charge >= 0.3 is 0 Å². The molecule has 2 aromatic carbocycles. The zero-order chi connectivity index (χ0) is 22.7. The molecule has 3 aromatic rings. The Morgan fingerprint density at radius 3 is 2.84 bits per heavy atom. The predicted molar refractivity (Wildman–Crippen MR) is 126 cm³/mol. The number of rotatable bonds is 8. The number of aromatic nitrogens is 2. The number of nitrogens with two attached hydrogens (primary N) is 1. The zero-order valence-corrected chi connectivity index (χ0v) is 19.7. The van der Waals surface area contributed by atoms with Crippen molar-refractivity contribution in [1.29, 1.82) is 5.26 Å². The molecule has 1 heterocycles. The summed E-state index contributed by atoms with van der Waals surface area (Å²) in [7, 11) is 1.86. The van der Waals surface area contributed by atoms with Gasteiger partial charge in [0.15, 0.2) is 0 Å². The van der Waals surface area contributed by atoms with Gasteiger partial charge in [-0.1, -0.05) is 29.5 Å². The molecule has 0 amide bonds. The smallest absolute Gasteiger partial charge is 0.148 e. The molecule has 10 heteroatoms. The first-order valence-corrected chi connectivity index (χ1v) is 11.7. The largest absolute Gasteiger partial charge is 0.490 e. The van der Waals surface area contributed by atoms with Gasteiger partial charge in [-0.3, -0.25) is 0 Å². The van der Waals surface area contributed by atoms with Crippen molar-refractivity contribution >= 4 is 23.6 Å². The van der Waals surface area contributed by atoms with E-state index in [0.29, 0.717) is 11.3 Å². The van der Waals surface area contributed by atoms with Gasteiger partial charge in [0.1, 0.15) is 34.1 Å². The highest BCUT2D eigenvalue weighted by Gasteiger charge is 2.27. The Morgan fingerprint density at radius 1 is 1.28 bits per heavy atom. The van der Waals surface area contributed by atoms with Crippen molar-refractivity contribution in [3.8, 4) is 33.0 Å². The third kappa shape index (κ3) is 4.78. The summed E-state index contributed by atoms with van der Waals surface area (Å²) in [5.41, 5.74) is 8.36. The lowest BCUT2D eigenvalue weighted by Crippen LogP contribution is -2.32. The van der Waals surface area contributed by atoms with E-state index in [0.717, 1.165) is 46.2 Å². The van der Waals surface area contributed by atoms with E-state index >= 15 is 0 Å². The Bertz CT molecular complexity index is 1140. The lowest BCUT2D eigenvalue weighted by molar-refractivity contribution is 0.242. The molecule has 1 aromatic heterocycles. The van der Waals surface area contributed by atoms with E-state index in [-0.39, 0.29) is 12.1 Å². The van der Waals surface area contributed by atoms with Gasteiger partial charge in [0.25, 0.3) is 0 Å². The standard InChI is InChI=1S/C22H24N6O2S2/c1-13(2)29-20-10-7-14(11-15(20)12-23)21-25-26-22(31-21)18-6-4-5-17-16(18)8-9-19(17)27-28(3)32-30-24/h4-7,10-11,13,19,27H,8-9,24H2,1-3H3. The van der Waals surface area contributed by atoms with Gasteiger partial charge < -0.3 is 4.74 Å². The molecule has 0 saturated carbocycles. The van der Waals surface area contributed by atoms with E-state index in [9.17, 15) is 5.26 Å². The van der Waals surface area contributed by atoms with E-state index in [1.165, 1.54) is 22.5 Å². The van der Waals surface area contributed by atoms with Gasteiger partial charge in [-0.25, -0.2) is 15.6 Å². The fraction of sp³-hybridized carbons (Fsp3) is 0.318. The van der Waals surface area contributed by atoms with Gasteiger partial charge in [0.05, 0.1) is 11.7 Å². The summed E-state index contributed by atoms with van der Waals surface area (Å²) in [6.45, 7) is 3.88. The molecule has 0 fully saturated rings. The average Bonchev–Trinajstić information content (AvgIpc) is 3.41. The molecular formula is C22H24N6O2S2. The van der Waals surface area contributed by atoms with E-state index in [1.54, 1.807) is 4.41 Å². The van der Waals surface area contributed by atoms with Crippen LogP contribution in [0.3, 0.4) is 0 Å². The van der Waals surface area contributed by atoms with Crippen LogP contribution in [0.15, 0.2) is 36.4 Å². The Labute approximate surface area is 195 Å². The lowest BCUT2D eigenvalue weighted by atomic mass is 10.0. The Morgan fingerprint density at radius 2 is 2.09 bits per heavy atom. The van der Waals surface area contributed by atoms with Gasteiger partial charge in [0.2, 0.25) is 0 Å². The van der Waals surface area contributed by atoms with Crippen molar-refractivity contribution in [3.63, 3.8) is 0 Å². The summed E-state index contributed by atoms with van der Waals surface area (Å²) in [5, 5.41) is 20.0. The van der Waals surface area contributed by atoms with E-state index < -0.39 is 0 Å². The number of hydrogen-bond donors (Lipinski definition) is 2. The molecule has 32 heavy (non-hydrogen) atoms. The number of nitrogens with one attached hydrogen (secondary N) is 1. The minimum absolute atomic E-state index is 0.000728. The quantitative estimate of drug-likeness (QED) is 0.282. The molecule has 0 bridgehead atoms. The van der Waals surface area contributed by atoms with Crippen LogP contribution in [0, 0.1) is 11.3 Å². The Balaban J connectivity index is 1.60. The average molecular weight is 469 g/mol. The molecular weight excluding hydrogens is 444 g/mol. The van der Waals surface area contributed by atoms with Crippen molar-refractivity contribution in [2.45, 2.75) is 38.8 Å². The molecule has 4 rings (SSSR count). The second-order valence-electron chi connectivity index (χ2n) is 7.66. The second kappa shape index (κ2) is 9.95. The van der Waals surface area contributed by atoms with E-state index in [2.05, 4.69) is 38.1 Å². The molecule has 0 radical (unpaired) electrons. The second-order valence-corrected chi connectivity index (χ2v) is 9.53. The van der Waals surface area contributed by atoms with Gasteiger partial charge in [0, 0.05) is 24.2 Å². The molecule has 0 spiro atoms. The summed E-state index contributed by atoms with van der Waals surface area (Å²) < 4.78 is 12.1. The summed E-state index contributed by atoms with van der Waals surface area (Å²) in [4.78, 5) is 0. The summed E-state index contributed by atoms with van der Waals surface area (Å²) in [6, 6.07) is 14.2. The van der Waals surface area contributed by atoms with Crippen molar-refractivity contribution < 1.29 is 9.02 Å². The molecule has 1 atom stereocenters. The van der Waals surface area contributed by atoms with Gasteiger partial charge in [-0.05, 0) is 56.0 Å². The SMILES string of the molecule is CC(C)Oc1ccc(-c2nnc(-c3cccc4c3CCC4NN(C)SON)s2)cc1C#N. The molecule has 166 valence electrons. The van der Waals surface area contributed by atoms with Crippen molar-refractivity contribution in [3.05, 3.63) is 53.1 Å². The van der Waals surface area contributed by atoms with Crippen LogP contribution in [-0.2, 0) is 10.7 Å². The van der Waals surface area contributed by atoms with E-state index in [1.807, 2.05) is 45.2 Å². The third-order valence-electron chi connectivity index (χ3n) is 5.13. The molecule has 0 saturated heterocycles. The maximum Gasteiger partial charge on any atom is 0.148 e. The van der Waals surface area contributed by atoms with Gasteiger partial charge in [-0.2, -0.15) is 9.68 Å². The summed E-state index contributed by atoms with van der Waals surface area (Å²) in [6.07, 6.45) is 1.91. The van der Waals surface area contributed by atoms with Gasteiger partial charge in [-0.15, -0.1) is 10.2 Å². The van der Waals surface area contributed by atoms with Crippen LogP contribution < -0.4 is 16.1 Å². The first kappa shape index (κ1) is 22.7. The minimum Gasteiger partial charge on any atom is -0.490 e. The van der Waals surface area contributed by atoms with Crippen molar-refractivity contribution in [2.75, 3.05) is 7.05 Å². The zero-order valence-electron chi connectivity index (χ0n) is 18.0. The molecule has 1 aliphatic carbocycles. The maximum atomic E-state index is 9.52. The minimum atomic E-state index is 0.000728. The number of hydrazine groups is 1. The monoisotopic (exact) mass is 468 g/mol. The lowest BCUT2D eigenvalue weighted by Gasteiger charge is -2.20. The van der Waals surface area contributed by atoms with Crippen LogP contribution in [0.2, 0.25) is 0 Å². The van der Waals surface area contributed by atoms with Crippen LogP contribution in [0.1, 0.15) is 43.0 Å². The third-order valence-corrected chi connectivity index (χ3v) is 6.55.